The molecule has 0 amide bonds. The Balaban J connectivity index is 2.36. The van der Waals surface area contributed by atoms with Gasteiger partial charge < -0.3 is 0 Å². The lowest BCUT2D eigenvalue weighted by Gasteiger charge is -2.31. The van der Waals surface area contributed by atoms with E-state index >= 15 is 0 Å². The predicted octanol–water partition coefficient (Wildman–Crippen LogP) is 3.34. The van der Waals surface area contributed by atoms with Crippen molar-refractivity contribution < 1.29 is 8.42 Å². The molecular formula is C15H23NO2S. The summed E-state index contributed by atoms with van der Waals surface area (Å²) in [6.45, 7) is 5.89. The second-order valence-corrected chi connectivity index (χ2v) is 7.52. The average Bonchev–Trinajstić information content (AvgIpc) is 2.82. The topological polar surface area (TPSA) is 37.4 Å². The third-order valence-electron chi connectivity index (χ3n) is 3.79. The molecule has 1 aromatic carbocycles. The highest BCUT2D eigenvalue weighted by molar-refractivity contribution is 7.89. The molecule has 0 atom stereocenters. The minimum absolute atomic E-state index is 0.00871. The first-order valence-electron chi connectivity index (χ1n) is 7.03. The quantitative estimate of drug-likeness (QED) is 0.849. The van der Waals surface area contributed by atoms with Crippen molar-refractivity contribution in [1.82, 2.24) is 4.31 Å². The van der Waals surface area contributed by atoms with Crippen molar-refractivity contribution >= 4 is 10.0 Å². The van der Waals surface area contributed by atoms with Gasteiger partial charge in [-0.05, 0) is 45.7 Å². The number of rotatable bonds is 4. The van der Waals surface area contributed by atoms with Gasteiger partial charge in [0.25, 0.3) is 0 Å². The number of hydrogen-bond donors (Lipinski definition) is 0. The number of benzene rings is 1. The molecule has 0 aliphatic heterocycles. The van der Waals surface area contributed by atoms with Crippen LogP contribution >= 0.6 is 0 Å². The Hall–Kier alpha value is -0.870. The van der Waals surface area contributed by atoms with Crippen LogP contribution < -0.4 is 0 Å². The van der Waals surface area contributed by atoms with Gasteiger partial charge >= 0.3 is 0 Å². The minimum atomic E-state index is -3.37. The summed E-state index contributed by atoms with van der Waals surface area (Å²) in [6, 6.07) is 7.34. The van der Waals surface area contributed by atoms with E-state index in [1.54, 1.807) is 16.4 Å². The van der Waals surface area contributed by atoms with E-state index in [1.807, 2.05) is 32.9 Å². The third-order valence-corrected chi connectivity index (χ3v) is 5.93. The molecule has 1 aliphatic carbocycles. The molecule has 0 N–H and O–H groups in total. The third kappa shape index (κ3) is 3.00. The molecule has 1 fully saturated rings. The predicted molar refractivity (Wildman–Crippen MR) is 77.6 cm³/mol. The molecule has 106 valence electrons. The molecule has 1 aliphatic rings. The lowest BCUT2D eigenvalue weighted by molar-refractivity contribution is 0.275. The van der Waals surface area contributed by atoms with Crippen molar-refractivity contribution in [2.24, 2.45) is 0 Å². The van der Waals surface area contributed by atoms with Crippen LogP contribution in [0, 0.1) is 6.92 Å². The first-order valence-corrected chi connectivity index (χ1v) is 8.47. The monoisotopic (exact) mass is 281 g/mol. The zero-order valence-electron chi connectivity index (χ0n) is 12.0. The van der Waals surface area contributed by atoms with Crippen LogP contribution in [0.25, 0.3) is 0 Å². The summed E-state index contributed by atoms with van der Waals surface area (Å²) in [7, 11) is -3.37. The Labute approximate surface area is 116 Å². The van der Waals surface area contributed by atoms with Crippen LogP contribution in [-0.2, 0) is 10.0 Å². The van der Waals surface area contributed by atoms with Crippen LogP contribution in [0.2, 0.25) is 0 Å². The van der Waals surface area contributed by atoms with Crippen LogP contribution in [0.3, 0.4) is 0 Å². The van der Waals surface area contributed by atoms with Gasteiger partial charge in [0.2, 0.25) is 10.0 Å². The summed E-state index contributed by atoms with van der Waals surface area (Å²) in [6.07, 6.45) is 4.25. The normalized spacial score (nSPS) is 17.5. The lowest BCUT2D eigenvalue weighted by Crippen LogP contribution is -2.43. The highest BCUT2D eigenvalue weighted by atomic mass is 32.2. The average molecular weight is 281 g/mol. The van der Waals surface area contributed by atoms with E-state index < -0.39 is 10.0 Å². The zero-order valence-corrected chi connectivity index (χ0v) is 12.8. The maximum atomic E-state index is 12.8. The first kappa shape index (κ1) is 14.5. The number of hydrogen-bond acceptors (Lipinski definition) is 2. The summed E-state index contributed by atoms with van der Waals surface area (Å²) in [5.41, 5.74) is 1.08. The van der Waals surface area contributed by atoms with Gasteiger partial charge in [-0.2, -0.15) is 4.31 Å². The largest absolute Gasteiger partial charge is 0.243 e. The SMILES string of the molecule is Cc1ccc(S(=O)(=O)N(C(C)C)C2CCCC2)cc1. The van der Waals surface area contributed by atoms with E-state index in [2.05, 4.69) is 0 Å². The second-order valence-electron chi connectivity index (χ2n) is 5.68. The van der Waals surface area contributed by atoms with Crippen LogP contribution in [0.5, 0.6) is 0 Å². The van der Waals surface area contributed by atoms with Gasteiger partial charge in [-0.1, -0.05) is 30.5 Å². The van der Waals surface area contributed by atoms with Crippen LogP contribution in [-0.4, -0.2) is 24.8 Å². The molecule has 1 saturated carbocycles. The van der Waals surface area contributed by atoms with Crippen molar-refractivity contribution in [1.29, 1.82) is 0 Å². The first-order chi connectivity index (χ1) is 8.93. The molecule has 0 saturated heterocycles. The standard InChI is InChI=1S/C15H23NO2S/c1-12(2)16(14-6-4-5-7-14)19(17,18)15-10-8-13(3)9-11-15/h8-12,14H,4-7H2,1-3H3. The molecule has 0 unspecified atom stereocenters. The van der Waals surface area contributed by atoms with E-state index in [1.165, 1.54) is 0 Å². The molecular weight excluding hydrogens is 258 g/mol. The Morgan fingerprint density at radius 3 is 2.11 bits per heavy atom. The summed E-state index contributed by atoms with van der Waals surface area (Å²) in [5, 5.41) is 0. The molecule has 0 radical (unpaired) electrons. The molecule has 0 aromatic heterocycles. The van der Waals surface area contributed by atoms with E-state index in [9.17, 15) is 8.42 Å². The lowest BCUT2D eigenvalue weighted by atomic mass is 10.2. The molecule has 0 bridgehead atoms. The maximum absolute atomic E-state index is 12.8. The summed E-state index contributed by atoms with van der Waals surface area (Å²) >= 11 is 0. The number of aryl methyl sites for hydroxylation is 1. The summed E-state index contributed by atoms with van der Waals surface area (Å²) < 4.78 is 27.3. The Morgan fingerprint density at radius 2 is 1.63 bits per heavy atom. The molecule has 3 nitrogen and oxygen atoms in total. The van der Waals surface area contributed by atoms with Crippen molar-refractivity contribution in [2.45, 2.75) is 63.4 Å². The molecule has 0 spiro atoms. The number of nitrogens with zero attached hydrogens (tertiary/aromatic N) is 1. The van der Waals surface area contributed by atoms with E-state index in [0.29, 0.717) is 4.90 Å². The molecule has 4 heteroatoms. The maximum Gasteiger partial charge on any atom is 0.243 e. The van der Waals surface area contributed by atoms with E-state index in [0.717, 1.165) is 31.2 Å². The van der Waals surface area contributed by atoms with Crippen molar-refractivity contribution in [3.8, 4) is 0 Å². The van der Waals surface area contributed by atoms with Gasteiger partial charge in [0.05, 0.1) is 4.90 Å². The summed E-state index contributed by atoms with van der Waals surface area (Å²) in [4.78, 5) is 0.415. The molecule has 1 aromatic rings. The fourth-order valence-electron chi connectivity index (χ4n) is 2.89. The highest BCUT2D eigenvalue weighted by Gasteiger charge is 2.34. The van der Waals surface area contributed by atoms with Crippen molar-refractivity contribution in [3.63, 3.8) is 0 Å². The Morgan fingerprint density at radius 1 is 1.11 bits per heavy atom. The van der Waals surface area contributed by atoms with Gasteiger partial charge in [-0.25, -0.2) is 8.42 Å². The van der Waals surface area contributed by atoms with Crippen LogP contribution in [0.1, 0.15) is 45.1 Å². The van der Waals surface area contributed by atoms with Gasteiger partial charge in [0.15, 0.2) is 0 Å². The Bertz CT molecular complexity index is 514. The molecule has 0 heterocycles. The van der Waals surface area contributed by atoms with Gasteiger partial charge in [-0.3, -0.25) is 0 Å². The zero-order chi connectivity index (χ0) is 14.0. The number of sulfonamides is 1. The van der Waals surface area contributed by atoms with E-state index in [4.69, 9.17) is 0 Å². The van der Waals surface area contributed by atoms with Gasteiger partial charge in [-0.15, -0.1) is 0 Å². The fourth-order valence-corrected chi connectivity index (χ4v) is 4.77. The van der Waals surface area contributed by atoms with Crippen molar-refractivity contribution in [3.05, 3.63) is 29.8 Å². The van der Waals surface area contributed by atoms with Crippen LogP contribution in [0.15, 0.2) is 29.2 Å². The second kappa shape index (κ2) is 5.63. The Kier molecular flexibility index (Phi) is 4.31. The van der Waals surface area contributed by atoms with Gasteiger partial charge in [0.1, 0.15) is 0 Å². The summed E-state index contributed by atoms with van der Waals surface area (Å²) in [5.74, 6) is 0. The molecule has 19 heavy (non-hydrogen) atoms. The smallest absolute Gasteiger partial charge is 0.207 e. The van der Waals surface area contributed by atoms with Crippen molar-refractivity contribution in [2.75, 3.05) is 0 Å². The highest BCUT2D eigenvalue weighted by Crippen LogP contribution is 2.30. The van der Waals surface area contributed by atoms with Gasteiger partial charge in [0, 0.05) is 12.1 Å². The fraction of sp³-hybridized carbons (Fsp3) is 0.600. The molecule has 2 rings (SSSR count). The van der Waals surface area contributed by atoms with E-state index in [-0.39, 0.29) is 12.1 Å². The minimum Gasteiger partial charge on any atom is -0.207 e. The van der Waals surface area contributed by atoms with Crippen LogP contribution in [0.4, 0.5) is 0 Å².